The van der Waals surface area contributed by atoms with Crippen LogP contribution in [0.25, 0.3) is 0 Å². The van der Waals surface area contributed by atoms with Crippen LogP contribution < -0.4 is 5.32 Å². The van der Waals surface area contributed by atoms with Crippen molar-refractivity contribution in [2.45, 2.75) is 25.9 Å². The summed E-state index contributed by atoms with van der Waals surface area (Å²) in [6, 6.07) is 4.35. The van der Waals surface area contributed by atoms with Crippen molar-refractivity contribution in [3.05, 3.63) is 39.7 Å². The first kappa shape index (κ1) is 14.4. The summed E-state index contributed by atoms with van der Waals surface area (Å²) in [4.78, 5) is 12.7. The topological polar surface area (TPSA) is 58.4 Å². The average Bonchev–Trinajstić information content (AvgIpc) is 2.98. The Balaban J connectivity index is 1.78. The van der Waals surface area contributed by atoms with Crippen LogP contribution in [0.3, 0.4) is 0 Å². The van der Waals surface area contributed by atoms with Crippen molar-refractivity contribution >= 4 is 5.69 Å². The first-order valence-electron chi connectivity index (χ1n) is 7.47. The number of benzene rings is 1. The predicted octanol–water partition coefficient (Wildman–Crippen LogP) is 2.16. The molecule has 3 rings (SSSR count). The van der Waals surface area contributed by atoms with Crippen molar-refractivity contribution < 1.29 is 9.31 Å². The highest BCUT2D eigenvalue weighted by atomic mass is 19.1. The number of likely N-dealkylation sites (tertiary alicyclic amines) is 1. The third kappa shape index (κ3) is 2.78. The number of nitro benzene ring substituents is 1. The van der Waals surface area contributed by atoms with E-state index in [-0.39, 0.29) is 5.69 Å². The Morgan fingerprint density at radius 3 is 2.95 bits per heavy atom. The van der Waals surface area contributed by atoms with E-state index in [1.165, 1.54) is 12.1 Å². The van der Waals surface area contributed by atoms with Gasteiger partial charge in [0.1, 0.15) is 5.82 Å². The highest BCUT2D eigenvalue weighted by Crippen LogP contribution is 2.35. The number of nitrogens with zero attached hydrogens (tertiary/aromatic N) is 2. The summed E-state index contributed by atoms with van der Waals surface area (Å²) >= 11 is 0. The largest absolute Gasteiger partial charge is 0.316 e. The monoisotopic (exact) mass is 293 g/mol. The van der Waals surface area contributed by atoms with Crippen LogP contribution in [-0.4, -0.2) is 35.5 Å². The van der Waals surface area contributed by atoms with E-state index in [0.29, 0.717) is 30.0 Å². The molecule has 114 valence electrons. The number of halogens is 1. The number of hydrogen-bond acceptors (Lipinski definition) is 4. The molecule has 2 saturated heterocycles. The van der Waals surface area contributed by atoms with Gasteiger partial charge in [-0.05, 0) is 43.0 Å². The minimum Gasteiger partial charge on any atom is -0.316 e. The van der Waals surface area contributed by atoms with Crippen LogP contribution in [0.2, 0.25) is 0 Å². The lowest BCUT2D eigenvalue weighted by atomic mass is 9.93. The zero-order chi connectivity index (χ0) is 15.0. The highest BCUT2D eigenvalue weighted by molar-refractivity contribution is 5.35. The number of nitro groups is 1. The second-order valence-electron chi connectivity index (χ2n) is 6.06. The van der Waals surface area contributed by atoms with Gasteiger partial charge in [0.15, 0.2) is 0 Å². The van der Waals surface area contributed by atoms with E-state index in [9.17, 15) is 14.5 Å². The molecule has 0 amide bonds. The molecule has 2 aliphatic heterocycles. The fourth-order valence-electron chi connectivity index (χ4n) is 3.92. The van der Waals surface area contributed by atoms with Crippen molar-refractivity contribution in [1.29, 1.82) is 0 Å². The maximum Gasteiger partial charge on any atom is 0.272 e. The van der Waals surface area contributed by atoms with Gasteiger partial charge in [0.05, 0.1) is 11.0 Å². The van der Waals surface area contributed by atoms with Crippen molar-refractivity contribution in [2.75, 3.05) is 19.6 Å². The van der Waals surface area contributed by atoms with Crippen LogP contribution >= 0.6 is 0 Å². The molecule has 0 saturated carbocycles. The second kappa shape index (κ2) is 5.69. The summed E-state index contributed by atoms with van der Waals surface area (Å²) < 4.78 is 13.5. The number of nitrogens with one attached hydrogen (secondary N) is 1. The molecule has 0 bridgehead atoms. The second-order valence-corrected chi connectivity index (χ2v) is 6.06. The van der Waals surface area contributed by atoms with Gasteiger partial charge in [-0.15, -0.1) is 0 Å². The first-order valence-corrected chi connectivity index (χ1v) is 7.47. The molecule has 0 radical (unpaired) electrons. The van der Waals surface area contributed by atoms with Crippen LogP contribution in [0.1, 0.15) is 18.9 Å². The maximum atomic E-state index is 13.5. The van der Waals surface area contributed by atoms with E-state index in [2.05, 4.69) is 17.1 Å². The van der Waals surface area contributed by atoms with E-state index in [1.807, 2.05) is 0 Å². The van der Waals surface area contributed by atoms with E-state index in [4.69, 9.17) is 0 Å². The Morgan fingerprint density at radius 2 is 2.24 bits per heavy atom. The molecule has 6 heteroatoms. The summed E-state index contributed by atoms with van der Waals surface area (Å²) in [5, 5.41) is 14.3. The molecule has 1 aromatic carbocycles. The normalized spacial score (nSPS) is 28.8. The quantitative estimate of drug-likeness (QED) is 0.683. The lowest BCUT2D eigenvalue weighted by Crippen LogP contribution is -2.34. The number of non-ortho nitro benzene ring substituents is 1. The first-order chi connectivity index (χ1) is 10.1. The van der Waals surface area contributed by atoms with Gasteiger partial charge >= 0.3 is 0 Å². The van der Waals surface area contributed by atoms with Gasteiger partial charge in [0, 0.05) is 25.2 Å². The molecule has 1 aromatic rings. The minimum atomic E-state index is -0.535. The molecule has 5 nitrogen and oxygen atoms in total. The summed E-state index contributed by atoms with van der Waals surface area (Å²) in [5.41, 5.74) is 0.521. The van der Waals surface area contributed by atoms with Crippen LogP contribution in [0, 0.1) is 27.8 Å². The number of hydrogen-bond donors (Lipinski definition) is 1. The van der Waals surface area contributed by atoms with Crippen molar-refractivity contribution in [2.24, 2.45) is 11.8 Å². The van der Waals surface area contributed by atoms with Gasteiger partial charge in [0.2, 0.25) is 0 Å². The summed E-state index contributed by atoms with van der Waals surface area (Å²) in [6.07, 6.45) is 1.06. The molecule has 2 aliphatic rings. The zero-order valence-electron chi connectivity index (χ0n) is 12.1. The third-order valence-electron chi connectivity index (χ3n) is 4.78. The predicted molar refractivity (Wildman–Crippen MR) is 77.4 cm³/mol. The lowest BCUT2D eigenvalue weighted by molar-refractivity contribution is -0.385. The van der Waals surface area contributed by atoms with E-state index in [0.717, 1.165) is 32.1 Å². The van der Waals surface area contributed by atoms with Crippen molar-refractivity contribution in [3.63, 3.8) is 0 Å². The Hall–Kier alpha value is -1.53. The Kier molecular flexibility index (Phi) is 3.91. The fourth-order valence-corrected chi connectivity index (χ4v) is 3.92. The lowest BCUT2D eigenvalue weighted by Gasteiger charge is -2.26. The highest BCUT2D eigenvalue weighted by Gasteiger charge is 2.42. The van der Waals surface area contributed by atoms with E-state index in [1.54, 1.807) is 0 Å². The van der Waals surface area contributed by atoms with Crippen LogP contribution in [0.15, 0.2) is 18.2 Å². The smallest absolute Gasteiger partial charge is 0.272 e. The number of fused-ring (bicyclic) bond motifs is 1. The number of rotatable bonds is 4. The van der Waals surface area contributed by atoms with Gasteiger partial charge in [-0.2, -0.15) is 0 Å². The van der Waals surface area contributed by atoms with Gasteiger partial charge < -0.3 is 5.32 Å². The van der Waals surface area contributed by atoms with Crippen molar-refractivity contribution in [3.8, 4) is 0 Å². The molecular formula is C15H20FN3O2. The molecule has 0 aliphatic carbocycles. The molecule has 0 spiro atoms. The SMILES string of the molecule is CCC1C2CNCC2CN1Cc1cc(F)cc([N+](=O)[O-])c1. The Morgan fingerprint density at radius 1 is 1.43 bits per heavy atom. The molecule has 3 atom stereocenters. The summed E-state index contributed by atoms with van der Waals surface area (Å²) in [7, 11) is 0. The molecule has 3 unspecified atom stereocenters. The molecular weight excluding hydrogens is 273 g/mol. The van der Waals surface area contributed by atoms with Crippen LogP contribution in [-0.2, 0) is 6.54 Å². The summed E-state index contributed by atoms with van der Waals surface area (Å²) in [5.74, 6) is 0.769. The third-order valence-corrected chi connectivity index (χ3v) is 4.78. The van der Waals surface area contributed by atoms with Gasteiger partial charge in [-0.3, -0.25) is 15.0 Å². The zero-order valence-corrected chi connectivity index (χ0v) is 12.1. The molecule has 0 aromatic heterocycles. The van der Waals surface area contributed by atoms with Crippen LogP contribution in [0.5, 0.6) is 0 Å². The van der Waals surface area contributed by atoms with Gasteiger partial charge in [-0.25, -0.2) is 4.39 Å². The molecule has 2 fully saturated rings. The standard InChI is InChI=1S/C15H20FN3O2/c1-2-15-14-7-17-6-11(14)9-18(15)8-10-3-12(16)5-13(4-10)19(20)21/h3-5,11,14-15,17H,2,6-9H2,1H3. The Labute approximate surface area is 123 Å². The van der Waals surface area contributed by atoms with Gasteiger partial charge in [-0.1, -0.05) is 6.92 Å². The average molecular weight is 293 g/mol. The Bertz CT molecular complexity index is 552. The van der Waals surface area contributed by atoms with Crippen LogP contribution in [0.4, 0.5) is 10.1 Å². The van der Waals surface area contributed by atoms with Gasteiger partial charge in [0.25, 0.3) is 5.69 Å². The maximum absolute atomic E-state index is 13.5. The van der Waals surface area contributed by atoms with E-state index < -0.39 is 10.7 Å². The molecule has 21 heavy (non-hydrogen) atoms. The molecule has 1 N–H and O–H groups in total. The fraction of sp³-hybridized carbons (Fsp3) is 0.600. The molecule has 2 heterocycles. The minimum absolute atomic E-state index is 0.167. The summed E-state index contributed by atoms with van der Waals surface area (Å²) in [6.45, 7) is 5.83. The van der Waals surface area contributed by atoms with Crippen molar-refractivity contribution in [1.82, 2.24) is 10.2 Å². The van der Waals surface area contributed by atoms with E-state index >= 15 is 0 Å².